The number of hydrogen-bond donors (Lipinski definition) is 1. The Morgan fingerprint density at radius 3 is 2.32 bits per heavy atom. The normalized spacial score (nSPS) is 16.3. The van der Waals surface area contributed by atoms with E-state index in [0.717, 1.165) is 61.2 Å². The number of amides is 2. The number of nitrogens with zero attached hydrogens (tertiary/aromatic N) is 3. The molecule has 11 heteroatoms. The summed E-state index contributed by atoms with van der Waals surface area (Å²) in [5.74, 6) is -0.240. The lowest BCUT2D eigenvalue weighted by Gasteiger charge is -2.40. The van der Waals surface area contributed by atoms with Crippen LogP contribution in [0.25, 0.3) is 11.1 Å². The predicted octanol–water partition coefficient (Wildman–Crippen LogP) is 7.58. The summed E-state index contributed by atoms with van der Waals surface area (Å²) >= 11 is 6.39. The van der Waals surface area contributed by atoms with E-state index in [1.54, 1.807) is 24.3 Å². The highest BCUT2D eigenvalue weighted by molar-refractivity contribution is 6.30. The van der Waals surface area contributed by atoms with Crippen molar-refractivity contribution in [3.63, 3.8) is 0 Å². The zero-order valence-corrected chi connectivity index (χ0v) is 30.9. The van der Waals surface area contributed by atoms with Gasteiger partial charge in [-0.1, -0.05) is 66.2 Å². The van der Waals surface area contributed by atoms with Gasteiger partial charge in [0.15, 0.2) is 0 Å². The monoisotopic (exact) mass is 744 g/mol. The Balaban J connectivity index is 1.08. The van der Waals surface area contributed by atoms with E-state index in [4.69, 9.17) is 21.1 Å². The highest BCUT2D eigenvalue weighted by atomic mass is 35.5. The van der Waals surface area contributed by atoms with Crippen molar-refractivity contribution in [1.29, 1.82) is 0 Å². The Morgan fingerprint density at radius 1 is 0.868 bits per heavy atom. The number of piperazine rings is 1. The molecular weight excluding hydrogens is 698 g/mol. The maximum absolute atomic E-state index is 14.8. The third kappa shape index (κ3) is 10.3. The molecule has 2 amide bonds. The molecule has 0 radical (unpaired) electrons. The SMILES string of the molecule is CCOc1cccc(F)c1CN1CCN(C(=O)[C@H](NC(=O)OCc2ccccc2)C2CCN(CCc3cc(Cl)ccc3-c3ccc(F)cc3)CC2)CC1. The lowest BCUT2D eigenvalue weighted by molar-refractivity contribution is -0.137. The Kier molecular flexibility index (Phi) is 13.3. The van der Waals surface area contributed by atoms with E-state index in [1.807, 2.05) is 60.4 Å². The maximum Gasteiger partial charge on any atom is 0.408 e. The minimum absolute atomic E-state index is 0.0748. The molecule has 0 saturated carbocycles. The van der Waals surface area contributed by atoms with Gasteiger partial charge in [0.25, 0.3) is 0 Å². The second-order valence-corrected chi connectivity index (χ2v) is 14.1. The highest BCUT2D eigenvalue weighted by Gasteiger charge is 2.37. The fourth-order valence-corrected chi connectivity index (χ4v) is 7.47. The van der Waals surface area contributed by atoms with Gasteiger partial charge in [-0.2, -0.15) is 0 Å². The first kappa shape index (κ1) is 38.2. The van der Waals surface area contributed by atoms with E-state index in [1.165, 1.54) is 18.2 Å². The molecule has 6 rings (SSSR count). The molecule has 2 aliphatic rings. The van der Waals surface area contributed by atoms with Crippen LogP contribution in [0.2, 0.25) is 5.02 Å². The van der Waals surface area contributed by atoms with Gasteiger partial charge in [-0.15, -0.1) is 0 Å². The van der Waals surface area contributed by atoms with Crippen molar-refractivity contribution < 1.29 is 27.8 Å². The standard InChI is InChI=1S/C42H47ClF2N4O4/c1-2-52-39-10-6-9-38(45)37(39)28-48-23-25-49(26-24-48)41(50)40(46-42(51)53-29-30-7-4-3-5-8-30)32-17-20-47(21-18-32)22-19-33-27-34(43)13-16-36(33)31-11-14-35(44)15-12-31/h3-16,27,32,40H,2,17-26,28-29H2,1H3,(H,46,51)/t40-/m1/s1. The third-order valence-electron chi connectivity index (χ3n) is 10.2. The van der Waals surface area contributed by atoms with Gasteiger partial charge in [0.05, 0.1) is 6.61 Å². The van der Waals surface area contributed by atoms with Crippen LogP contribution in [0.5, 0.6) is 5.75 Å². The molecule has 2 saturated heterocycles. The maximum atomic E-state index is 14.8. The van der Waals surface area contributed by atoms with Gasteiger partial charge >= 0.3 is 6.09 Å². The van der Waals surface area contributed by atoms with Gasteiger partial charge in [0, 0.05) is 49.9 Å². The Labute approximate surface area is 315 Å². The van der Waals surface area contributed by atoms with Gasteiger partial charge < -0.3 is 24.6 Å². The Hall–Kier alpha value is -4.51. The van der Waals surface area contributed by atoms with Crippen LogP contribution < -0.4 is 10.1 Å². The summed E-state index contributed by atoms with van der Waals surface area (Å²) < 4.78 is 39.6. The number of piperidine rings is 1. The summed E-state index contributed by atoms with van der Waals surface area (Å²) in [6.45, 7) is 7.19. The van der Waals surface area contributed by atoms with Crippen LogP contribution in [-0.2, 0) is 29.1 Å². The van der Waals surface area contributed by atoms with Gasteiger partial charge in [0.1, 0.15) is 30.0 Å². The number of benzene rings is 4. The van der Waals surface area contributed by atoms with Crippen molar-refractivity contribution in [2.24, 2.45) is 5.92 Å². The average Bonchev–Trinajstić information content (AvgIpc) is 3.18. The number of ether oxygens (including phenoxy) is 2. The number of likely N-dealkylation sites (tertiary alicyclic amines) is 1. The first-order valence-electron chi connectivity index (χ1n) is 18.4. The molecule has 2 fully saturated rings. The molecule has 1 atom stereocenters. The Bertz CT molecular complexity index is 1810. The lowest BCUT2D eigenvalue weighted by atomic mass is 9.88. The van der Waals surface area contributed by atoms with Crippen molar-refractivity contribution in [3.8, 4) is 16.9 Å². The highest BCUT2D eigenvalue weighted by Crippen LogP contribution is 2.29. The Morgan fingerprint density at radius 2 is 1.60 bits per heavy atom. The van der Waals surface area contributed by atoms with Crippen molar-refractivity contribution in [3.05, 3.63) is 124 Å². The average molecular weight is 745 g/mol. The molecule has 280 valence electrons. The van der Waals surface area contributed by atoms with E-state index in [-0.39, 0.29) is 30.1 Å². The molecule has 0 spiro atoms. The van der Waals surface area contributed by atoms with Crippen molar-refractivity contribution >= 4 is 23.6 Å². The largest absolute Gasteiger partial charge is 0.493 e. The van der Waals surface area contributed by atoms with Crippen LogP contribution >= 0.6 is 11.6 Å². The summed E-state index contributed by atoms with van der Waals surface area (Å²) in [5, 5.41) is 3.60. The van der Waals surface area contributed by atoms with Crippen LogP contribution in [0, 0.1) is 17.6 Å². The van der Waals surface area contributed by atoms with Gasteiger partial charge in [-0.3, -0.25) is 9.69 Å². The number of nitrogens with one attached hydrogen (secondary N) is 1. The third-order valence-corrected chi connectivity index (χ3v) is 10.5. The van der Waals surface area contributed by atoms with E-state index >= 15 is 0 Å². The first-order valence-corrected chi connectivity index (χ1v) is 18.8. The number of carbonyl (C=O) groups is 2. The van der Waals surface area contributed by atoms with Crippen LogP contribution in [0.1, 0.15) is 36.5 Å². The van der Waals surface area contributed by atoms with Crippen molar-refractivity contribution in [2.75, 3.05) is 52.4 Å². The number of halogens is 3. The zero-order chi connectivity index (χ0) is 37.2. The predicted molar refractivity (Wildman–Crippen MR) is 203 cm³/mol. The lowest BCUT2D eigenvalue weighted by Crippen LogP contribution is -2.58. The van der Waals surface area contributed by atoms with Gasteiger partial charge in [-0.25, -0.2) is 13.6 Å². The molecule has 8 nitrogen and oxygen atoms in total. The molecule has 2 aliphatic heterocycles. The molecule has 4 aromatic carbocycles. The first-order chi connectivity index (χ1) is 25.8. The fraction of sp³-hybridized carbons (Fsp3) is 0.381. The number of hydrogen-bond acceptors (Lipinski definition) is 6. The molecule has 0 unspecified atom stereocenters. The summed E-state index contributed by atoms with van der Waals surface area (Å²) in [7, 11) is 0. The number of carbonyl (C=O) groups excluding carboxylic acids is 2. The second kappa shape index (κ2) is 18.5. The second-order valence-electron chi connectivity index (χ2n) is 13.7. The fourth-order valence-electron chi connectivity index (χ4n) is 7.27. The van der Waals surface area contributed by atoms with E-state index in [9.17, 15) is 18.4 Å². The van der Waals surface area contributed by atoms with Crippen molar-refractivity contribution in [2.45, 2.75) is 45.4 Å². The van der Waals surface area contributed by atoms with Crippen LogP contribution in [0.3, 0.4) is 0 Å². The van der Waals surface area contributed by atoms with Gasteiger partial charge in [-0.05, 0) is 104 Å². The molecular formula is C42H47ClF2N4O4. The summed E-state index contributed by atoms with van der Waals surface area (Å²) in [4.78, 5) is 33.6. The summed E-state index contributed by atoms with van der Waals surface area (Å²) in [6.07, 6.45) is 1.59. The summed E-state index contributed by atoms with van der Waals surface area (Å²) in [6, 6.07) is 25.9. The zero-order valence-electron chi connectivity index (χ0n) is 30.1. The topological polar surface area (TPSA) is 74.3 Å². The summed E-state index contributed by atoms with van der Waals surface area (Å²) in [5.41, 5.74) is 4.43. The molecule has 53 heavy (non-hydrogen) atoms. The van der Waals surface area contributed by atoms with Crippen LogP contribution in [0.15, 0.2) is 91.0 Å². The van der Waals surface area contributed by atoms with Crippen LogP contribution in [0.4, 0.5) is 13.6 Å². The number of alkyl carbamates (subject to hydrolysis) is 1. The molecule has 4 aromatic rings. The molecule has 0 aliphatic carbocycles. The quantitative estimate of drug-likeness (QED) is 0.152. The minimum atomic E-state index is -0.735. The number of rotatable bonds is 13. The smallest absolute Gasteiger partial charge is 0.408 e. The van der Waals surface area contributed by atoms with Gasteiger partial charge in [0.2, 0.25) is 5.91 Å². The molecule has 1 N–H and O–H groups in total. The minimum Gasteiger partial charge on any atom is -0.493 e. The van der Waals surface area contributed by atoms with E-state index in [2.05, 4.69) is 15.1 Å². The van der Waals surface area contributed by atoms with E-state index in [0.29, 0.717) is 55.7 Å². The molecule has 0 bridgehead atoms. The van der Waals surface area contributed by atoms with Crippen LogP contribution in [-0.4, -0.2) is 85.2 Å². The molecule has 2 heterocycles. The molecule has 0 aromatic heterocycles. The van der Waals surface area contributed by atoms with E-state index < -0.39 is 12.1 Å². The van der Waals surface area contributed by atoms with Crippen molar-refractivity contribution in [1.82, 2.24) is 20.0 Å².